The van der Waals surface area contributed by atoms with Crippen LogP contribution in [0, 0.1) is 12.8 Å². The zero-order valence-electron chi connectivity index (χ0n) is 22.7. The van der Waals surface area contributed by atoms with Crippen molar-refractivity contribution < 1.29 is 18.3 Å². The summed E-state index contributed by atoms with van der Waals surface area (Å²) in [6.45, 7) is 8.54. The number of ether oxygens (including phenoxy) is 1. The second-order valence-electron chi connectivity index (χ2n) is 11.8. The van der Waals surface area contributed by atoms with Crippen LogP contribution >= 0.6 is 0 Å². The summed E-state index contributed by atoms with van der Waals surface area (Å²) in [6.07, 6.45) is 4.28. The lowest BCUT2D eigenvalue weighted by molar-refractivity contribution is -0.0445. The lowest BCUT2D eigenvalue weighted by Gasteiger charge is -2.40. The van der Waals surface area contributed by atoms with E-state index in [1.165, 1.54) is 19.0 Å². The molecule has 1 N–H and O–H groups in total. The first-order chi connectivity index (χ1) is 18.7. The Labute approximate surface area is 226 Å². The number of alkyl halides is 2. The Bertz CT molecular complexity index is 1440. The minimum Gasteiger partial charge on any atom is -0.380 e. The minimum absolute atomic E-state index is 0.0337. The van der Waals surface area contributed by atoms with Crippen LogP contribution in [0.3, 0.4) is 0 Å². The average Bonchev–Trinajstić information content (AvgIpc) is 3.62. The molecule has 2 aliphatic carbocycles. The number of carbonyl (C=O) groups excluding carboxylic acids is 1. The number of aromatic nitrogens is 3. The quantitative estimate of drug-likeness (QED) is 0.445. The zero-order valence-corrected chi connectivity index (χ0v) is 22.7. The van der Waals surface area contributed by atoms with E-state index in [0.29, 0.717) is 53.3 Å². The van der Waals surface area contributed by atoms with E-state index in [0.717, 1.165) is 37.8 Å². The summed E-state index contributed by atoms with van der Waals surface area (Å²) in [4.78, 5) is 33.8. The van der Waals surface area contributed by atoms with Crippen molar-refractivity contribution in [1.29, 1.82) is 0 Å². The number of halogens is 2. The molecule has 39 heavy (non-hydrogen) atoms. The predicted octanol–water partition coefficient (Wildman–Crippen LogP) is 4.51. The van der Waals surface area contributed by atoms with Gasteiger partial charge >= 0.3 is 0 Å². The molecule has 3 aromatic rings. The Morgan fingerprint density at radius 2 is 1.92 bits per heavy atom. The van der Waals surface area contributed by atoms with Gasteiger partial charge in [0.05, 0.1) is 35.3 Å². The maximum Gasteiger partial charge on any atom is 0.259 e. The highest BCUT2D eigenvalue weighted by Crippen LogP contribution is 2.40. The Balaban J connectivity index is 1.25. The van der Waals surface area contributed by atoms with E-state index in [2.05, 4.69) is 21.9 Å². The van der Waals surface area contributed by atoms with Crippen molar-refractivity contribution in [2.75, 3.05) is 39.4 Å². The van der Waals surface area contributed by atoms with Gasteiger partial charge in [0.2, 0.25) is 5.92 Å². The number of amides is 1. The number of aromatic amines is 1. The molecule has 8 nitrogen and oxygen atoms in total. The molecule has 0 unspecified atom stereocenters. The summed E-state index contributed by atoms with van der Waals surface area (Å²) in [5, 5.41) is 5.59. The average molecular weight is 542 g/mol. The second kappa shape index (κ2) is 10.3. The number of hydrogen-bond donors (Lipinski definition) is 1. The molecule has 0 spiro atoms. The molecule has 0 bridgehead atoms. The molecular formula is C29H37F2N5O3. The SMILES string of the molecule is Cc1cc2[nH]c(=O)c3cnn(C4CCC(F)(F)CC4)c3c2cc1C(=O)N1CCN(CCOCC2CC2)[C@@H](C)C1. The van der Waals surface area contributed by atoms with Gasteiger partial charge in [-0.05, 0) is 63.1 Å². The van der Waals surface area contributed by atoms with Crippen molar-refractivity contribution in [2.45, 2.75) is 70.4 Å². The molecule has 6 rings (SSSR count). The first-order valence-corrected chi connectivity index (χ1v) is 14.2. The minimum atomic E-state index is -2.65. The molecule has 1 aromatic carbocycles. The van der Waals surface area contributed by atoms with Gasteiger partial charge in [0.25, 0.3) is 11.5 Å². The van der Waals surface area contributed by atoms with E-state index in [-0.39, 0.29) is 36.4 Å². The van der Waals surface area contributed by atoms with Gasteiger partial charge < -0.3 is 14.6 Å². The van der Waals surface area contributed by atoms with E-state index in [1.807, 2.05) is 24.0 Å². The highest BCUT2D eigenvalue weighted by molar-refractivity contribution is 6.07. The molecule has 0 radical (unpaired) electrons. The molecule has 10 heteroatoms. The molecule has 1 atom stereocenters. The monoisotopic (exact) mass is 541 g/mol. The lowest BCUT2D eigenvalue weighted by Crippen LogP contribution is -2.54. The summed E-state index contributed by atoms with van der Waals surface area (Å²) < 4.78 is 35.2. The van der Waals surface area contributed by atoms with Gasteiger partial charge in [0.1, 0.15) is 0 Å². The van der Waals surface area contributed by atoms with Crippen LogP contribution in [0.1, 0.15) is 67.4 Å². The molecule has 2 aromatic heterocycles. The normalized spacial score (nSPS) is 22.7. The molecule has 1 amide bonds. The van der Waals surface area contributed by atoms with Gasteiger partial charge in [-0.1, -0.05) is 0 Å². The topological polar surface area (TPSA) is 83.5 Å². The number of fused-ring (bicyclic) bond motifs is 3. The maximum absolute atomic E-state index is 13.8. The maximum atomic E-state index is 13.8. The Morgan fingerprint density at radius 3 is 2.64 bits per heavy atom. The number of hydrogen-bond acceptors (Lipinski definition) is 5. The van der Waals surface area contributed by atoms with Crippen LogP contribution in [0.5, 0.6) is 0 Å². The van der Waals surface area contributed by atoms with Gasteiger partial charge in [0, 0.05) is 62.6 Å². The lowest BCUT2D eigenvalue weighted by atomic mass is 9.92. The second-order valence-corrected chi connectivity index (χ2v) is 11.8. The van der Waals surface area contributed by atoms with Crippen molar-refractivity contribution in [1.82, 2.24) is 24.6 Å². The number of nitrogens with zero attached hydrogens (tertiary/aromatic N) is 4. The van der Waals surface area contributed by atoms with Crippen molar-refractivity contribution in [2.24, 2.45) is 5.92 Å². The van der Waals surface area contributed by atoms with E-state index in [9.17, 15) is 18.4 Å². The van der Waals surface area contributed by atoms with E-state index in [4.69, 9.17) is 4.74 Å². The summed E-state index contributed by atoms with van der Waals surface area (Å²) in [5.74, 6) is -1.93. The van der Waals surface area contributed by atoms with Crippen LogP contribution in [0.4, 0.5) is 8.78 Å². The number of pyridine rings is 1. The fraction of sp³-hybridized carbons (Fsp3) is 0.621. The van der Waals surface area contributed by atoms with Gasteiger partial charge in [-0.25, -0.2) is 8.78 Å². The van der Waals surface area contributed by atoms with E-state index in [1.54, 1.807) is 4.68 Å². The number of nitrogens with one attached hydrogen (secondary N) is 1. The zero-order chi connectivity index (χ0) is 27.3. The van der Waals surface area contributed by atoms with Crippen LogP contribution in [-0.4, -0.2) is 81.8 Å². The summed E-state index contributed by atoms with van der Waals surface area (Å²) in [7, 11) is 0. The van der Waals surface area contributed by atoms with Crippen LogP contribution in [0.15, 0.2) is 23.1 Å². The molecule has 3 heterocycles. The van der Waals surface area contributed by atoms with Crippen LogP contribution in [0.25, 0.3) is 21.8 Å². The number of benzene rings is 1. The fourth-order valence-corrected chi connectivity index (χ4v) is 6.17. The van der Waals surface area contributed by atoms with Gasteiger partial charge in [-0.2, -0.15) is 5.10 Å². The highest BCUT2D eigenvalue weighted by atomic mass is 19.3. The molecule has 210 valence electrons. The fourth-order valence-electron chi connectivity index (χ4n) is 6.17. The van der Waals surface area contributed by atoms with Gasteiger partial charge in [-0.15, -0.1) is 0 Å². The van der Waals surface area contributed by atoms with Crippen molar-refractivity contribution >= 4 is 27.7 Å². The van der Waals surface area contributed by atoms with Crippen molar-refractivity contribution in [3.05, 3.63) is 39.8 Å². The van der Waals surface area contributed by atoms with Crippen LogP contribution in [-0.2, 0) is 4.74 Å². The van der Waals surface area contributed by atoms with E-state index >= 15 is 0 Å². The predicted molar refractivity (Wildman–Crippen MR) is 146 cm³/mol. The largest absolute Gasteiger partial charge is 0.380 e. The van der Waals surface area contributed by atoms with Gasteiger partial charge in [-0.3, -0.25) is 19.2 Å². The third kappa shape index (κ3) is 5.33. The third-order valence-electron chi connectivity index (χ3n) is 8.80. The standard InChI is InChI=1S/C29H37F2N5O3/c1-18-13-25-23(26-24(27(37)33-25)15-32-36(26)21-5-7-29(30,31)8-6-21)14-22(18)28(38)35-10-9-34(19(2)16-35)11-12-39-17-20-3-4-20/h13-15,19-21H,3-12,16-17H2,1-2H3,(H,33,37)/t19-/m0/s1. The van der Waals surface area contributed by atoms with Crippen molar-refractivity contribution in [3.63, 3.8) is 0 Å². The third-order valence-corrected chi connectivity index (χ3v) is 8.80. The Kier molecular flexibility index (Phi) is 6.95. The smallest absolute Gasteiger partial charge is 0.259 e. The number of rotatable bonds is 7. The number of carbonyl (C=O) groups is 1. The van der Waals surface area contributed by atoms with Crippen molar-refractivity contribution in [3.8, 4) is 0 Å². The molecule has 1 saturated heterocycles. The highest BCUT2D eigenvalue weighted by Gasteiger charge is 2.36. The summed E-state index contributed by atoms with van der Waals surface area (Å²) in [5.41, 5.74) is 2.34. The number of piperazine rings is 1. The van der Waals surface area contributed by atoms with Crippen LogP contribution < -0.4 is 5.56 Å². The number of aryl methyl sites for hydroxylation is 1. The Morgan fingerprint density at radius 1 is 1.15 bits per heavy atom. The summed E-state index contributed by atoms with van der Waals surface area (Å²) in [6, 6.07) is 3.70. The Hall–Kier alpha value is -2.85. The molecule has 2 saturated carbocycles. The van der Waals surface area contributed by atoms with Gasteiger partial charge in [0.15, 0.2) is 0 Å². The number of H-pyrrole nitrogens is 1. The molecule has 3 aliphatic rings. The summed E-state index contributed by atoms with van der Waals surface area (Å²) >= 11 is 0. The van der Waals surface area contributed by atoms with E-state index < -0.39 is 5.92 Å². The molecular weight excluding hydrogens is 504 g/mol. The molecule has 3 fully saturated rings. The first kappa shape index (κ1) is 26.4. The molecule has 1 aliphatic heterocycles. The van der Waals surface area contributed by atoms with Crippen LogP contribution in [0.2, 0.25) is 0 Å². The first-order valence-electron chi connectivity index (χ1n) is 14.2.